The van der Waals surface area contributed by atoms with Crippen LogP contribution in [0.5, 0.6) is 0 Å². The van der Waals surface area contributed by atoms with E-state index in [9.17, 15) is 0 Å². The molecule has 1 saturated heterocycles. The van der Waals surface area contributed by atoms with Crippen LogP contribution in [0.2, 0.25) is 0 Å². The molecule has 1 heterocycles. The summed E-state index contributed by atoms with van der Waals surface area (Å²) in [5, 5.41) is 0. The minimum atomic E-state index is 0.0846. The molecule has 5 rings (SSSR count). The zero-order chi connectivity index (χ0) is 44.1. The third-order valence-electron chi connectivity index (χ3n) is 17.7. The highest BCUT2D eigenvalue weighted by Gasteiger charge is 2.64. The Hall–Kier alpha value is -0.980. The van der Waals surface area contributed by atoms with Gasteiger partial charge in [-0.2, -0.15) is 0 Å². The van der Waals surface area contributed by atoms with E-state index in [1.165, 1.54) is 141 Å². The van der Waals surface area contributed by atoms with Gasteiger partial charge in [-0.1, -0.05) is 155 Å². The van der Waals surface area contributed by atoms with Crippen molar-refractivity contribution < 1.29 is 18.9 Å². The van der Waals surface area contributed by atoms with Gasteiger partial charge in [-0.25, -0.2) is 0 Å². The Labute approximate surface area is 384 Å². The number of ether oxygens (including phenoxy) is 4. The topological polar surface area (TPSA) is 40.2 Å². The first-order valence-electron chi connectivity index (χ1n) is 27.2. The fraction of sp³-hybridized carbons (Fsp3) is 0.895. The van der Waals surface area contributed by atoms with Gasteiger partial charge < -0.3 is 18.9 Å². The number of unbranched alkanes of at least 4 members (excludes halogenated alkanes) is 11. The van der Waals surface area contributed by atoms with Gasteiger partial charge >= 0.3 is 0 Å². The Balaban J connectivity index is 0.955. The standard InChI is InChI=1S/C57H101NO4/c1-8-9-10-11-12-13-14-15-16-17-18-19-20-21-22-23-24-25-39-60-46-51(45-58-37-40-59-41-38-58)62-43-42-61-50-33-34-56(6)49(44-50)29-30-54-53-32-31-52(48(4)28-26-27-47(2)3)55(53,5)35-36-57(54,56)7/h12-13,15-16,29,47-48,50-54H,8-11,14,17-28,30-46H2,1-7H3. The van der Waals surface area contributed by atoms with Crippen molar-refractivity contribution in [1.29, 1.82) is 0 Å². The molecule has 5 aliphatic rings. The Morgan fingerprint density at radius 1 is 0.742 bits per heavy atom. The second-order valence-corrected chi connectivity index (χ2v) is 22.4. The Bertz CT molecular complexity index is 1300. The molecule has 9 unspecified atom stereocenters. The summed E-state index contributed by atoms with van der Waals surface area (Å²) in [6.07, 6.45) is 45.6. The second-order valence-electron chi connectivity index (χ2n) is 22.4. The zero-order valence-electron chi connectivity index (χ0n) is 42.1. The molecule has 0 aromatic heterocycles. The second kappa shape index (κ2) is 27.6. The Kier molecular flexibility index (Phi) is 23.2. The number of nitrogens with zero attached hydrogens (tertiary/aromatic N) is 1. The fourth-order valence-corrected chi connectivity index (χ4v) is 13.5. The SMILES string of the molecule is CCCCCC=CCC=CCCCCCCCCCCOCC(CN1CCOCC1)OCCOC1CCC2(C)C(=CCC3C4CCC(C(C)CCCC(C)C)C4(C)CCC32C)C1. The lowest BCUT2D eigenvalue weighted by Crippen LogP contribution is -2.57. The highest BCUT2D eigenvalue weighted by molar-refractivity contribution is 5.29. The summed E-state index contributed by atoms with van der Waals surface area (Å²) in [4.78, 5) is 2.49. The predicted octanol–water partition coefficient (Wildman–Crippen LogP) is 15.1. The van der Waals surface area contributed by atoms with Gasteiger partial charge in [0.1, 0.15) is 0 Å². The summed E-state index contributed by atoms with van der Waals surface area (Å²) in [5.74, 6) is 4.37. The van der Waals surface area contributed by atoms with Crippen LogP contribution in [0.25, 0.3) is 0 Å². The number of hydrogen-bond acceptors (Lipinski definition) is 5. The van der Waals surface area contributed by atoms with Crippen LogP contribution in [0.3, 0.4) is 0 Å². The number of allylic oxidation sites excluding steroid dienone is 5. The molecule has 0 aromatic rings. The van der Waals surface area contributed by atoms with Crippen LogP contribution in [0.4, 0.5) is 0 Å². The van der Waals surface area contributed by atoms with Gasteiger partial charge in [0.2, 0.25) is 0 Å². The van der Waals surface area contributed by atoms with Gasteiger partial charge in [-0.05, 0) is 136 Å². The lowest BCUT2D eigenvalue weighted by Gasteiger charge is -2.64. The number of morpholine rings is 1. The van der Waals surface area contributed by atoms with Crippen LogP contribution >= 0.6 is 0 Å². The van der Waals surface area contributed by atoms with Crippen molar-refractivity contribution in [2.75, 3.05) is 59.3 Å². The largest absolute Gasteiger partial charge is 0.379 e. The van der Waals surface area contributed by atoms with Crippen molar-refractivity contribution in [1.82, 2.24) is 4.90 Å². The van der Waals surface area contributed by atoms with Gasteiger partial charge in [-0.3, -0.25) is 4.90 Å². The third kappa shape index (κ3) is 15.3. The van der Waals surface area contributed by atoms with Gasteiger partial charge in [0.15, 0.2) is 0 Å². The lowest BCUT2D eigenvalue weighted by molar-refractivity contribution is -0.124. The number of fused-ring (bicyclic) bond motifs is 5. The molecule has 0 amide bonds. The maximum Gasteiger partial charge on any atom is 0.0936 e. The third-order valence-corrected chi connectivity index (χ3v) is 17.7. The molecule has 3 saturated carbocycles. The Morgan fingerprint density at radius 3 is 2.18 bits per heavy atom. The lowest BCUT2D eigenvalue weighted by atomic mass is 9.40. The van der Waals surface area contributed by atoms with Crippen molar-refractivity contribution in [2.45, 2.75) is 221 Å². The van der Waals surface area contributed by atoms with Crippen molar-refractivity contribution in [3.8, 4) is 0 Å². The predicted molar refractivity (Wildman–Crippen MR) is 264 cm³/mol. The fourth-order valence-electron chi connectivity index (χ4n) is 13.5. The van der Waals surface area contributed by atoms with E-state index >= 15 is 0 Å². The van der Waals surface area contributed by atoms with E-state index < -0.39 is 0 Å². The highest BCUT2D eigenvalue weighted by atomic mass is 16.6. The molecule has 358 valence electrons. The molecule has 9 atom stereocenters. The van der Waals surface area contributed by atoms with Crippen LogP contribution in [0.1, 0.15) is 209 Å². The summed E-state index contributed by atoms with van der Waals surface area (Å²) >= 11 is 0. The molecule has 0 spiro atoms. The zero-order valence-corrected chi connectivity index (χ0v) is 42.1. The smallest absolute Gasteiger partial charge is 0.0936 e. The quantitative estimate of drug-likeness (QED) is 0.0513. The van der Waals surface area contributed by atoms with E-state index in [0.717, 1.165) is 88.3 Å². The van der Waals surface area contributed by atoms with Crippen LogP contribution < -0.4 is 0 Å². The molecule has 0 aromatic carbocycles. The van der Waals surface area contributed by atoms with Crippen LogP contribution in [-0.2, 0) is 18.9 Å². The van der Waals surface area contributed by atoms with E-state index in [1.54, 1.807) is 5.57 Å². The highest BCUT2D eigenvalue weighted by Crippen LogP contribution is 2.72. The summed E-state index contributed by atoms with van der Waals surface area (Å²) in [6.45, 7) is 25.2. The summed E-state index contributed by atoms with van der Waals surface area (Å²) in [7, 11) is 0. The molecule has 4 fully saturated rings. The van der Waals surface area contributed by atoms with Gasteiger partial charge in [0.25, 0.3) is 0 Å². The van der Waals surface area contributed by atoms with Gasteiger partial charge in [0, 0.05) is 26.2 Å². The first kappa shape index (κ1) is 52.0. The van der Waals surface area contributed by atoms with E-state index in [-0.39, 0.29) is 6.10 Å². The maximum atomic E-state index is 6.66. The summed E-state index contributed by atoms with van der Waals surface area (Å²) < 4.78 is 25.1. The molecule has 4 aliphatic carbocycles. The molecular formula is C57H101NO4. The van der Waals surface area contributed by atoms with Crippen molar-refractivity contribution >= 4 is 0 Å². The van der Waals surface area contributed by atoms with E-state index in [2.05, 4.69) is 83.7 Å². The Morgan fingerprint density at radius 2 is 1.45 bits per heavy atom. The maximum absolute atomic E-state index is 6.66. The van der Waals surface area contributed by atoms with Crippen molar-refractivity contribution in [3.05, 3.63) is 36.0 Å². The summed E-state index contributed by atoms with van der Waals surface area (Å²) in [6, 6.07) is 0. The molecular weight excluding hydrogens is 763 g/mol. The molecule has 5 nitrogen and oxygen atoms in total. The normalized spacial score (nSPS) is 31.4. The minimum absolute atomic E-state index is 0.0846. The van der Waals surface area contributed by atoms with E-state index in [0.29, 0.717) is 42.2 Å². The molecule has 0 bridgehead atoms. The monoisotopic (exact) mass is 864 g/mol. The average molecular weight is 864 g/mol. The molecule has 1 aliphatic heterocycles. The van der Waals surface area contributed by atoms with E-state index in [4.69, 9.17) is 18.9 Å². The molecule has 0 radical (unpaired) electrons. The minimum Gasteiger partial charge on any atom is -0.379 e. The number of hydrogen-bond donors (Lipinski definition) is 0. The van der Waals surface area contributed by atoms with Crippen molar-refractivity contribution in [2.24, 2.45) is 45.8 Å². The first-order chi connectivity index (χ1) is 30.1. The molecule has 5 heteroatoms. The van der Waals surface area contributed by atoms with Crippen LogP contribution in [-0.4, -0.2) is 76.4 Å². The molecule has 62 heavy (non-hydrogen) atoms. The molecule has 0 N–H and O–H groups in total. The van der Waals surface area contributed by atoms with Crippen LogP contribution in [0.15, 0.2) is 36.0 Å². The number of rotatable bonds is 31. The average Bonchev–Trinajstić information content (AvgIpc) is 3.62. The first-order valence-corrected chi connectivity index (χ1v) is 27.2. The van der Waals surface area contributed by atoms with E-state index in [1.807, 2.05) is 0 Å². The van der Waals surface area contributed by atoms with Crippen LogP contribution in [0, 0.1) is 45.8 Å². The summed E-state index contributed by atoms with van der Waals surface area (Å²) in [5.41, 5.74) is 3.00. The van der Waals surface area contributed by atoms with Crippen molar-refractivity contribution in [3.63, 3.8) is 0 Å². The van der Waals surface area contributed by atoms with Gasteiger partial charge in [0.05, 0.1) is 45.2 Å². The van der Waals surface area contributed by atoms with Gasteiger partial charge in [-0.15, -0.1) is 0 Å².